The van der Waals surface area contributed by atoms with Crippen LogP contribution in [0.1, 0.15) is 33.3 Å². The third-order valence-electron chi connectivity index (χ3n) is 3.81. The van der Waals surface area contributed by atoms with Gasteiger partial charge < -0.3 is 10.6 Å². The first-order valence-corrected chi connectivity index (χ1v) is 8.05. The van der Waals surface area contributed by atoms with E-state index < -0.39 is 0 Å². The SMILES string of the molecule is CC(C)=CC1=CC(C)(C)Nc2ccc(Nc3ccccc3)cc21. The number of anilines is 3. The van der Waals surface area contributed by atoms with E-state index in [-0.39, 0.29) is 5.54 Å². The van der Waals surface area contributed by atoms with Crippen LogP contribution in [0, 0.1) is 0 Å². The largest absolute Gasteiger partial charge is 0.376 e. The van der Waals surface area contributed by atoms with Crippen molar-refractivity contribution in [2.24, 2.45) is 0 Å². The van der Waals surface area contributed by atoms with E-state index in [1.165, 1.54) is 22.4 Å². The summed E-state index contributed by atoms with van der Waals surface area (Å²) >= 11 is 0. The monoisotopic (exact) mass is 304 g/mol. The molecule has 2 N–H and O–H groups in total. The zero-order valence-corrected chi connectivity index (χ0v) is 14.3. The van der Waals surface area contributed by atoms with E-state index in [0.717, 1.165) is 11.4 Å². The Labute approximate surface area is 138 Å². The maximum absolute atomic E-state index is 3.60. The van der Waals surface area contributed by atoms with E-state index in [2.05, 4.69) is 80.8 Å². The van der Waals surface area contributed by atoms with Gasteiger partial charge in [0.05, 0.1) is 5.54 Å². The number of para-hydroxylation sites is 1. The zero-order chi connectivity index (χ0) is 16.4. The van der Waals surface area contributed by atoms with E-state index in [0.29, 0.717) is 0 Å². The average molecular weight is 304 g/mol. The Hall–Kier alpha value is -2.48. The molecule has 2 heteroatoms. The van der Waals surface area contributed by atoms with Crippen LogP contribution < -0.4 is 10.6 Å². The first kappa shape index (κ1) is 15.4. The fourth-order valence-corrected chi connectivity index (χ4v) is 2.94. The summed E-state index contributed by atoms with van der Waals surface area (Å²) in [5.41, 5.74) is 7.17. The molecule has 0 spiro atoms. The molecule has 0 amide bonds. The van der Waals surface area contributed by atoms with E-state index in [1.54, 1.807) is 0 Å². The molecule has 1 aliphatic heterocycles. The van der Waals surface area contributed by atoms with Gasteiger partial charge in [-0.25, -0.2) is 0 Å². The highest BCUT2D eigenvalue weighted by atomic mass is 15.0. The van der Waals surface area contributed by atoms with Gasteiger partial charge >= 0.3 is 0 Å². The standard InChI is InChI=1S/C21H24N2/c1-15(2)12-16-14-21(3,4)23-20-11-10-18(13-19(16)20)22-17-8-6-5-7-9-17/h5-14,22-23H,1-4H3. The molecule has 2 nitrogen and oxygen atoms in total. The molecule has 0 atom stereocenters. The maximum Gasteiger partial charge on any atom is 0.0509 e. The predicted octanol–water partition coefficient (Wildman–Crippen LogP) is 5.98. The first-order valence-electron chi connectivity index (χ1n) is 8.05. The molecule has 0 bridgehead atoms. The fourth-order valence-electron chi connectivity index (χ4n) is 2.94. The summed E-state index contributed by atoms with van der Waals surface area (Å²) in [6.45, 7) is 8.68. The minimum atomic E-state index is -0.0390. The third kappa shape index (κ3) is 3.65. The lowest BCUT2D eigenvalue weighted by Crippen LogP contribution is -2.31. The number of allylic oxidation sites excluding steroid dienone is 3. The van der Waals surface area contributed by atoms with Crippen molar-refractivity contribution in [3.8, 4) is 0 Å². The van der Waals surface area contributed by atoms with Crippen molar-refractivity contribution in [2.75, 3.05) is 10.6 Å². The highest BCUT2D eigenvalue weighted by molar-refractivity contribution is 5.88. The molecule has 0 fully saturated rings. The van der Waals surface area contributed by atoms with Gasteiger partial charge in [-0.05, 0) is 63.6 Å². The van der Waals surface area contributed by atoms with Gasteiger partial charge in [0, 0.05) is 22.6 Å². The number of benzene rings is 2. The zero-order valence-electron chi connectivity index (χ0n) is 14.3. The van der Waals surface area contributed by atoms with Crippen LogP contribution in [-0.2, 0) is 0 Å². The molecule has 0 saturated heterocycles. The maximum atomic E-state index is 3.60. The van der Waals surface area contributed by atoms with Crippen LogP contribution in [0.5, 0.6) is 0 Å². The van der Waals surface area contributed by atoms with E-state index >= 15 is 0 Å². The Morgan fingerprint density at radius 2 is 1.74 bits per heavy atom. The Balaban J connectivity index is 2.00. The molecule has 0 aliphatic carbocycles. The minimum Gasteiger partial charge on any atom is -0.376 e. The van der Waals surface area contributed by atoms with Gasteiger partial charge in [-0.15, -0.1) is 0 Å². The van der Waals surface area contributed by atoms with Crippen LogP contribution in [0.15, 0.2) is 66.3 Å². The normalized spacial score (nSPS) is 15.0. The molecule has 0 saturated carbocycles. The van der Waals surface area contributed by atoms with E-state index in [9.17, 15) is 0 Å². The lowest BCUT2D eigenvalue weighted by Gasteiger charge is -2.32. The number of rotatable bonds is 3. The van der Waals surface area contributed by atoms with Gasteiger partial charge in [-0.1, -0.05) is 35.9 Å². The van der Waals surface area contributed by atoms with Crippen LogP contribution in [0.2, 0.25) is 0 Å². The summed E-state index contributed by atoms with van der Waals surface area (Å²) in [5.74, 6) is 0. The fraction of sp³-hybridized carbons (Fsp3) is 0.238. The molecular weight excluding hydrogens is 280 g/mol. The molecule has 3 rings (SSSR count). The third-order valence-corrected chi connectivity index (χ3v) is 3.81. The van der Waals surface area contributed by atoms with Crippen LogP contribution in [0.4, 0.5) is 17.1 Å². The summed E-state index contributed by atoms with van der Waals surface area (Å²) in [5, 5.41) is 7.07. The van der Waals surface area contributed by atoms with Crippen molar-refractivity contribution in [1.82, 2.24) is 0 Å². The van der Waals surface area contributed by atoms with E-state index in [1.807, 2.05) is 18.2 Å². The molecule has 118 valence electrons. The predicted molar refractivity (Wildman–Crippen MR) is 101 cm³/mol. The smallest absolute Gasteiger partial charge is 0.0509 e. The van der Waals surface area contributed by atoms with Crippen molar-refractivity contribution in [2.45, 2.75) is 33.2 Å². The molecular formula is C21H24N2. The molecule has 0 unspecified atom stereocenters. The summed E-state index contributed by atoms with van der Waals surface area (Å²) < 4.78 is 0. The molecule has 1 aliphatic rings. The van der Waals surface area contributed by atoms with Gasteiger partial charge in [0.1, 0.15) is 0 Å². The Bertz CT molecular complexity index is 764. The van der Waals surface area contributed by atoms with Crippen LogP contribution in [0.3, 0.4) is 0 Å². The second-order valence-corrected chi connectivity index (χ2v) is 6.92. The lowest BCUT2D eigenvalue weighted by atomic mass is 9.89. The Morgan fingerprint density at radius 3 is 2.43 bits per heavy atom. The van der Waals surface area contributed by atoms with Crippen molar-refractivity contribution in [1.29, 1.82) is 0 Å². The molecule has 0 aromatic heterocycles. The second kappa shape index (κ2) is 5.96. The Kier molecular flexibility index (Phi) is 3.99. The van der Waals surface area contributed by atoms with Crippen LogP contribution >= 0.6 is 0 Å². The number of fused-ring (bicyclic) bond motifs is 1. The molecule has 23 heavy (non-hydrogen) atoms. The summed E-state index contributed by atoms with van der Waals surface area (Å²) in [7, 11) is 0. The first-order chi connectivity index (χ1) is 10.9. The van der Waals surface area contributed by atoms with Crippen LogP contribution in [-0.4, -0.2) is 5.54 Å². The van der Waals surface area contributed by atoms with Crippen LogP contribution in [0.25, 0.3) is 5.57 Å². The quantitative estimate of drug-likeness (QED) is 0.728. The minimum absolute atomic E-state index is 0.0390. The summed E-state index contributed by atoms with van der Waals surface area (Å²) in [6, 6.07) is 16.8. The van der Waals surface area contributed by atoms with Crippen molar-refractivity contribution >= 4 is 22.6 Å². The van der Waals surface area contributed by atoms with Gasteiger partial charge in [0.2, 0.25) is 0 Å². The highest BCUT2D eigenvalue weighted by Crippen LogP contribution is 2.37. The summed E-state index contributed by atoms with van der Waals surface area (Å²) in [4.78, 5) is 0. The number of hydrogen-bond donors (Lipinski definition) is 2. The lowest BCUT2D eigenvalue weighted by molar-refractivity contribution is 0.708. The van der Waals surface area contributed by atoms with Crippen molar-refractivity contribution < 1.29 is 0 Å². The van der Waals surface area contributed by atoms with Gasteiger partial charge in [-0.3, -0.25) is 0 Å². The number of nitrogens with one attached hydrogen (secondary N) is 2. The van der Waals surface area contributed by atoms with Crippen molar-refractivity contribution in [3.63, 3.8) is 0 Å². The number of hydrogen-bond acceptors (Lipinski definition) is 2. The van der Waals surface area contributed by atoms with Gasteiger partial charge in [0.25, 0.3) is 0 Å². The van der Waals surface area contributed by atoms with E-state index in [4.69, 9.17) is 0 Å². The summed E-state index contributed by atoms with van der Waals surface area (Å²) in [6.07, 6.45) is 4.56. The second-order valence-electron chi connectivity index (χ2n) is 6.92. The van der Waals surface area contributed by atoms with Gasteiger partial charge in [-0.2, -0.15) is 0 Å². The van der Waals surface area contributed by atoms with Crippen molar-refractivity contribution in [3.05, 3.63) is 71.8 Å². The topological polar surface area (TPSA) is 24.1 Å². The molecule has 2 aromatic carbocycles. The molecule has 2 aromatic rings. The Morgan fingerprint density at radius 1 is 1.00 bits per heavy atom. The highest BCUT2D eigenvalue weighted by Gasteiger charge is 2.23. The molecule has 0 radical (unpaired) electrons. The average Bonchev–Trinajstić information content (AvgIpc) is 2.47. The molecule has 1 heterocycles. The van der Waals surface area contributed by atoms with Gasteiger partial charge in [0.15, 0.2) is 0 Å².